The number of ether oxygens (including phenoxy) is 2. The number of amides is 1. The summed E-state index contributed by atoms with van der Waals surface area (Å²) >= 11 is 0. The first-order valence-electron chi connectivity index (χ1n) is 10.3. The van der Waals surface area contributed by atoms with Crippen molar-refractivity contribution < 1.29 is 22.7 Å². The maximum atomic E-state index is 13.2. The molecule has 1 aromatic heterocycles. The molecule has 1 N–H and O–H groups in total. The third-order valence-corrected chi connectivity index (χ3v) is 6.98. The molecule has 0 aliphatic heterocycles. The van der Waals surface area contributed by atoms with Gasteiger partial charge in [-0.15, -0.1) is 0 Å². The Kier molecular flexibility index (Phi) is 6.37. The van der Waals surface area contributed by atoms with E-state index in [9.17, 15) is 13.2 Å². The van der Waals surface area contributed by atoms with E-state index in [2.05, 4.69) is 5.32 Å². The smallest absolute Gasteiger partial charge is 0.244 e. The molecule has 170 valence electrons. The molecule has 0 atom stereocenters. The van der Waals surface area contributed by atoms with Crippen molar-refractivity contribution in [3.05, 3.63) is 84.6 Å². The molecule has 0 radical (unpaired) electrons. The van der Waals surface area contributed by atoms with E-state index in [4.69, 9.17) is 9.47 Å². The van der Waals surface area contributed by atoms with Crippen LogP contribution in [0, 0.1) is 0 Å². The average Bonchev–Trinajstić information content (AvgIpc) is 3.18. The zero-order valence-corrected chi connectivity index (χ0v) is 19.1. The lowest BCUT2D eigenvalue weighted by Gasteiger charge is -2.11. The fourth-order valence-electron chi connectivity index (χ4n) is 3.73. The number of carbonyl (C=O) groups is 1. The van der Waals surface area contributed by atoms with Crippen LogP contribution in [0.1, 0.15) is 5.56 Å². The molecule has 3 aromatic carbocycles. The normalized spacial score (nSPS) is 11.3. The van der Waals surface area contributed by atoms with Crippen LogP contribution >= 0.6 is 0 Å². The Balaban J connectivity index is 1.61. The number of anilines is 1. The Morgan fingerprint density at radius 2 is 1.61 bits per heavy atom. The maximum Gasteiger partial charge on any atom is 0.244 e. The van der Waals surface area contributed by atoms with Crippen molar-refractivity contribution in [3.8, 4) is 11.5 Å². The standard InChI is InChI=1S/C25H24N2O5S/c1-31-22-13-12-19(14-23(22)32-2)26-25(28)16-27-15-24(20-10-6-7-11-21(20)27)33(29,30)17-18-8-4-3-5-9-18/h3-15H,16-17H2,1-2H3,(H,26,28). The van der Waals surface area contributed by atoms with E-state index in [-0.39, 0.29) is 23.1 Å². The number of methoxy groups -OCH3 is 2. The Morgan fingerprint density at radius 1 is 0.909 bits per heavy atom. The van der Waals surface area contributed by atoms with E-state index >= 15 is 0 Å². The Bertz CT molecular complexity index is 1400. The van der Waals surface area contributed by atoms with E-state index < -0.39 is 9.84 Å². The molecule has 0 bridgehead atoms. The van der Waals surface area contributed by atoms with E-state index in [1.807, 2.05) is 24.3 Å². The predicted octanol–water partition coefficient (Wildman–Crippen LogP) is 4.27. The molecule has 0 aliphatic carbocycles. The van der Waals surface area contributed by atoms with Gasteiger partial charge in [-0.25, -0.2) is 8.42 Å². The molecule has 0 saturated carbocycles. The van der Waals surface area contributed by atoms with E-state index in [1.54, 1.807) is 53.1 Å². The molecule has 0 saturated heterocycles. The fourth-order valence-corrected chi connectivity index (χ4v) is 5.31. The molecular weight excluding hydrogens is 440 g/mol. The molecule has 1 amide bonds. The summed E-state index contributed by atoms with van der Waals surface area (Å²) in [5.74, 6) is 0.644. The number of benzene rings is 3. The lowest BCUT2D eigenvalue weighted by molar-refractivity contribution is -0.116. The van der Waals surface area contributed by atoms with Crippen LogP contribution in [0.3, 0.4) is 0 Å². The molecule has 0 unspecified atom stereocenters. The minimum Gasteiger partial charge on any atom is -0.493 e. The Hall–Kier alpha value is -3.78. The average molecular weight is 465 g/mol. The molecule has 0 spiro atoms. The van der Waals surface area contributed by atoms with Gasteiger partial charge in [0.15, 0.2) is 21.3 Å². The van der Waals surface area contributed by atoms with Gasteiger partial charge in [0.1, 0.15) is 6.54 Å². The summed E-state index contributed by atoms with van der Waals surface area (Å²) in [5, 5.41) is 3.41. The fraction of sp³-hybridized carbons (Fsp3) is 0.160. The SMILES string of the molecule is COc1ccc(NC(=O)Cn2cc(S(=O)(=O)Cc3ccccc3)c3ccccc32)cc1OC. The highest BCUT2D eigenvalue weighted by Gasteiger charge is 2.22. The van der Waals surface area contributed by atoms with Gasteiger partial charge >= 0.3 is 0 Å². The summed E-state index contributed by atoms with van der Waals surface area (Å²) in [6.07, 6.45) is 1.54. The number of para-hydroxylation sites is 1. The number of nitrogens with zero attached hydrogens (tertiary/aromatic N) is 1. The number of carbonyl (C=O) groups excluding carboxylic acids is 1. The van der Waals surface area contributed by atoms with Gasteiger partial charge in [0, 0.05) is 28.9 Å². The van der Waals surface area contributed by atoms with E-state index in [0.29, 0.717) is 33.7 Å². The van der Waals surface area contributed by atoms with Crippen molar-refractivity contribution in [1.29, 1.82) is 0 Å². The molecule has 0 aliphatic rings. The topological polar surface area (TPSA) is 86.6 Å². The van der Waals surface area contributed by atoms with Crippen molar-refractivity contribution in [2.24, 2.45) is 0 Å². The van der Waals surface area contributed by atoms with Crippen LogP contribution < -0.4 is 14.8 Å². The van der Waals surface area contributed by atoms with Crippen LogP contribution in [0.4, 0.5) is 5.69 Å². The summed E-state index contributed by atoms with van der Waals surface area (Å²) < 4.78 is 38.5. The lowest BCUT2D eigenvalue weighted by Crippen LogP contribution is -2.18. The summed E-state index contributed by atoms with van der Waals surface area (Å²) in [4.78, 5) is 13.0. The quantitative estimate of drug-likeness (QED) is 0.421. The summed E-state index contributed by atoms with van der Waals surface area (Å²) in [5.41, 5.74) is 1.93. The van der Waals surface area contributed by atoms with E-state index in [1.165, 1.54) is 20.4 Å². The molecule has 4 aromatic rings. The zero-order chi connectivity index (χ0) is 23.4. The lowest BCUT2D eigenvalue weighted by atomic mass is 10.2. The van der Waals surface area contributed by atoms with Crippen LogP contribution in [0.2, 0.25) is 0 Å². The predicted molar refractivity (Wildman–Crippen MR) is 127 cm³/mol. The van der Waals surface area contributed by atoms with Crippen molar-refractivity contribution in [2.75, 3.05) is 19.5 Å². The summed E-state index contributed by atoms with van der Waals surface area (Å²) in [6, 6.07) is 21.3. The summed E-state index contributed by atoms with van der Waals surface area (Å²) in [6.45, 7) is -0.0459. The van der Waals surface area contributed by atoms with Crippen LogP contribution in [-0.2, 0) is 26.9 Å². The highest BCUT2D eigenvalue weighted by Crippen LogP contribution is 2.30. The van der Waals surface area contributed by atoms with Gasteiger partial charge in [0.05, 0.1) is 24.9 Å². The number of hydrogen-bond donors (Lipinski definition) is 1. The molecule has 4 rings (SSSR count). The highest BCUT2D eigenvalue weighted by molar-refractivity contribution is 7.90. The van der Waals surface area contributed by atoms with Gasteiger partial charge in [-0.05, 0) is 23.8 Å². The van der Waals surface area contributed by atoms with Crippen LogP contribution in [0.5, 0.6) is 11.5 Å². The number of sulfone groups is 1. The first kappa shape index (κ1) is 22.4. The van der Waals surface area contributed by atoms with Gasteiger partial charge in [-0.1, -0.05) is 48.5 Å². The monoisotopic (exact) mass is 464 g/mol. The third-order valence-electron chi connectivity index (χ3n) is 5.27. The van der Waals surface area contributed by atoms with Gasteiger partial charge in [0.2, 0.25) is 5.91 Å². The van der Waals surface area contributed by atoms with Gasteiger partial charge in [-0.3, -0.25) is 4.79 Å². The molecule has 0 fully saturated rings. The number of rotatable bonds is 8. The van der Waals surface area contributed by atoms with Crippen LogP contribution in [-0.4, -0.2) is 33.1 Å². The summed E-state index contributed by atoms with van der Waals surface area (Å²) in [7, 11) is -0.554. The Labute approximate surface area is 192 Å². The van der Waals surface area contributed by atoms with Crippen LogP contribution in [0.25, 0.3) is 10.9 Å². The molecule has 33 heavy (non-hydrogen) atoms. The van der Waals surface area contributed by atoms with Crippen molar-refractivity contribution >= 4 is 32.3 Å². The first-order valence-corrected chi connectivity index (χ1v) is 11.9. The molecular formula is C25H24N2O5S. The van der Waals surface area contributed by atoms with Gasteiger partial charge in [-0.2, -0.15) is 0 Å². The van der Waals surface area contributed by atoms with Gasteiger partial charge < -0.3 is 19.4 Å². The molecule has 8 heteroatoms. The number of fused-ring (bicyclic) bond motifs is 1. The second-order valence-electron chi connectivity index (χ2n) is 7.50. The van der Waals surface area contributed by atoms with Crippen LogP contribution in [0.15, 0.2) is 83.9 Å². The first-order chi connectivity index (χ1) is 15.9. The number of nitrogens with one attached hydrogen (secondary N) is 1. The highest BCUT2D eigenvalue weighted by atomic mass is 32.2. The second kappa shape index (κ2) is 9.38. The minimum atomic E-state index is -3.61. The zero-order valence-electron chi connectivity index (χ0n) is 18.3. The minimum absolute atomic E-state index is 0.0459. The maximum absolute atomic E-state index is 13.2. The van der Waals surface area contributed by atoms with Crippen molar-refractivity contribution in [2.45, 2.75) is 17.2 Å². The van der Waals surface area contributed by atoms with Crippen molar-refractivity contribution in [3.63, 3.8) is 0 Å². The molecule has 7 nitrogen and oxygen atoms in total. The molecule has 1 heterocycles. The van der Waals surface area contributed by atoms with E-state index in [0.717, 1.165) is 0 Å². The largest absolute Gasteiger partial charge is 0.493 e. The van der Waals surface area contributed by atoms with Crippen molar-refractivity contribution in [1.82, 2.24) is 4.57 Å². The number of aromatic nitrogens is 1. The second-order valence-corrected chi connectivity index (χ2v) is 9.46. The van der Waals surface area contributed by atoms with Gasteiger partial charge in [0.25, 0.3) is 0 Å². The Morgan fingerprint density at radius 3 is 2.33 bits per heavy atom. The third kappa shape index (κ3) is 4.85. The number of hydrogen-bond acceptors (Lipinski definition) is 5.